The first-order chi connectivity index (χ1) is 9.84. The minimum atomic E-state index is -2.24. The lowest BCUT2D eigenvalue weighted by molar-refractivity contribution is -0.161. The zero-order valence-electron chi connectivity index (χ0n) is 11.1. The number of H-pyrrole nitrogens is 1. The van der Waals surface area contributed by atoms with E-state index in [2.05, 4.69) is 4.98 Å². The number of nitrogens with one attached hydrogen (secondary N) is 1. The third-order valence-corrected chi connectivity index (χ3v) is 3.38. The van der Waals surface area contributed by atoms with E-state index in [0.717, 1.165) is 0 Å². The Morgan fingerprint density at radius 3 is 2.57 bits per heavy atom. The maximum atomic E-state index is 11.5. The molecule has 0 aliphatic rings. The Hall–Kier alpha value is -2.38. The molecule has 7 heteroatoms. The molecule has 1 heterocycles. The maximum Gasteiger partial charge on any atom is 0.340 e. The Kier molecular flexibility index (Phi) is 3.97. The van der Waals surface area contributed by atoms with Crippen molar-refractivity contribution in [3.63, 3.8) is 0 Å². The van der Waals surface area contributed by atoms with Gasteiger partial charge in [-0.1, -0.05) is 18.2 Å². The third-order valence-electron chi connectivity index (χ3n) is 3.38. The standard InChI is InChI=1S/C14H16N2O5/c15-8(5-12(17)18)6-14(21,13(19)20)10-7-16-11-4-2-1-3-9(10)11/h1-4,7-8,16,21H,5-6,15H2,(H,17,18)(H,19,20)/t8-,14-/m0/s1. The highest BCUT2D eigenvalue weighted by Gasteiger charge is 2.41. The molecule has 0 unspecified atom stereocenters. The average molecular weight is 292 g/mol. The van der Waals surface area contributed by atoms with Gasteiger partial charge in [-0.25, -0.2) is 4.79 Å². The van der Waals surface area contributed by atoms with Crippen molar-refractivity contribution in [2.75, 3.05) is 0 Å². The largest absolute Gasteiger partial charge is 0.481 e. The first-order valence-corrected chi connectivity index (χ1v) is 6.34. The minimum Gasteiger partial charge on any atom is -0.481 e. The van der Waals surface area contributed by atoms with Crippen LogP contribution >= 0.6 is 0 Å². The van der Waals surface area contributed by atoms with Gasteiger partial charge >= 0.3 is 11.9 Å². The van der Waals surface area contributed by atoms with E-state index >= 15 is 0 Å². The summed E-state index contributed by atoms with van der Waals surface area (Å²) < 4.78 is 0. The second kappa shape index (κ2) is 5.55. The predicted molar refractivity (Wildman–Crippen MR) is 74.7 cm³/mol. The zero-order valence-corrected chi connectivity index (χ0v) is 11.1. The molecule has 0 aliphatic carbocycles. The fraction of sp³-hybridized carbons (Fsp3) is 0.286. The van der Waals surface area contributed by atoms with Crippen molar-refractivity contribution < 1.29 is 24.9 Å². The van der Waals surface area contributed by atoms with Gasteiger partial charge in [-0.2, -0.15) is 0 Å². The van der Waals surface area contributed by atoms with Gasteiger partial charge in [-0.15, -0.1) is 0 Å². The van der Waals surface area contributed by atoms with Crippen LogP contribution in [-0.4, -0.2) is 38.3 Å². The lowest BCUT2D eigenvalue weighted by Gasteiger charge is -2.25. The second-order valence-corrected chi connectivity index (χ2v) is 4.98. The monoisotopic (exact) mass is 292 g/mol. The summed E-state index contributed by atoms with van der Waals surface area (Å²) in [6.07, 6.45) is 0.598. The topological polar surface area (TPSA) is 137 Å². The molecule has 112 valence electrons. The average Bonchev–Trinajstić information content (AvgIpc) is 2.81. The smallest absolute Gasteiger partial charge is 0.340 e. The number of carboxylic acid groups (broad SMARTS) is 2. The molecular formula is C14H16N2O5. The molecule has 1 aromatic heterocycles. The van der Waals surface area contributed by atoms with Gasteiger partial charge in [0.1, 0.15) is 0 Å². The summed E-state index contributed by atoms with van der Waals surface area (Å²) in [7, 11) is 0. The van der Waals surface area contributed by atoms with Crippen LogP contribution in [-0.2, 0) is 15.2 Å². The lowest BCUT2D eigenvalue weighted by atomic mass is 9.86. The van der Waals surface area contributed by atoms with Gasteiger partial charge in [0, 0.05) is 35.1 Å². The highest BCUT2D eigenvalue weighted by Crippen LogP contribution is 2.33. The Bertz CT molecular complexity index is 681. The quantitative estimate of drug-likeness (QED) is 0.529. The molecule has 1 aromatic carbocycles. The number of hydrogen-bond donors (Lipinski definition) is 5. The van der Waals surface area contributed by atoms with E-state index < -0.39 is 36.4 Å². The summed E-state index contributed by atoms with van der Waals surface area (Å²) in [5, 5.41) is 29.2. The first kappa shape index (κ1) is 15.0. The molecule has 0 saturated carbocycles. The molecule has 0 radical (unpaired) electrons. The van der Waals surface area contributed by atoms with Crippen molar-refractivity contribution in [3.8, 4) is 0 Å². The Morgan fingerprint density at radius 1 is 1.29 bits per heavy atom. The van der Waals surface area contributed by atoms with Crippen LogP contribution in [0.5, 0.6) is 0 Å². The summed E-state index contributed by atoms with van der Waals surface area (Å²) in [4.78, 5) is 25.0. The van der Waals surface area contributed by atoms with Crippen molar-refractivity contribution in [1.82, 2.24) is 4.98 Å². The predicted octanol–water partition coefficient (Wildman–Crippen LogP) is 0.632. The molecule has 0 amide bonds. The SMILES string of the molecule is N[C@@H](CC(=O)O)C[C@@](O)(C(=O)O)c1c[nH]c2ccccc12. The summed E-state index contributed by atoms with van der Waals surface area (Å²) in [5.74, 6) is -2.61. The number of aliphatic carboxylic acids is 2. The van der Waals surface area contributed by atoms with E-state index in [9.17, 15) is 19.8 Å². The highest BCUT2D eigenvalue weighted by atomic mass is 16.4. The van der Waals surface area contributed by atoms with Crippen molar-refractivity contribution in [1.29, 1.82) is 0 Å². The van der Waals surface area contributed by atoms with Crippen LogP contribution in [0, 0.1) is 0 Å². The number of nitrogens with two attached hydrogens (primary N) is 1. The molecule has 0 aliphatic heterocycles. The third kappa shape index (κ3) is 2.88. The van der Waals surface area contributed by atoms with Crippen molar-refractivity contribution in [3.05, 3.63) is 36.0 Å². The molecule has 0 bridgehead atoms. The number of rotatable bonds is 6. The number of aromatic nitrogens is 1. The summed E-state index contributed by atoms with van der Waals surface area (Å²) in [6, 6.07) is 5.95. The maximum absolute atomic E-state index is 11.5. The van der Waals surface area contributed by atoms with Crippen LogP contribution in [0.3, 0.4) is 0 Å². The van der Waals surface area contributed by atoms with Gasteiger partial charge in [0.15, 0.2) is 5.60 Å². The van der Waals surface area contributed by atoms with Crippen LogP contribution in [0.25, 0.3) is 10.9 Å². The number of fused-ring (bicyclic) bond motifs is 1. The molecule has 2 aromatic rings. The van der Waals surface area contributed by atoms with Crippen LogP contribution < -0.4 is 5.73 Å². The van der Waals surface area contributed by atoms with Crippen LogP contribution in [0.15, 0.2) is 30.5 Å². The minimum absolute atomic E-state index is 0.173. The number of aliphatic hydroxyl groups is 1. The zero-order chi connectivity index (χ0) is 15.6. The molecule has 2 rings (SSSR count). The van der Waals surface area contributed by atoms with Gasteiger partial charge < -0.3 is 26.0 Å². The van der Waals surface area contributed by atoms with E-state index in [-0.39, 0.29) is 5.56 Å². The van der Waals surface area contributed by atoms with Gasteiger partial charge in [0.2, 0.25) is 0 Å². The van der Waals surface area contributed by atoms with Gasteiger partial charge in [-0.3, -0.25) is 4.79 Å². The molecular weight excluding hydrogens is 276 g/mol. The van der Waals surface area contributed by atoms with Gasteiger partial charge in [-0.05, 0) is 6.07 Å². The Labute approximate surface area is 120 Å². The van der Waals surface area contributed by atoms with Crippen molar-refractivity contribution >= 4 is 22.8 Å². The Morgan fingerprint density at radius 2 is 1.95 bits per heavy atom. The molecule has 2 atom stereocenters. The van der Waals surface area contributed by atoms with Crippen molar-refractivity contribution in [2.24, 2.45) is 5.73 Å². The first-order valence-electron chi connectivity index (χ1n) is 6.34. The second-order valence-electron chi connectivity index (χ2n) is 4.98. The number of aromatic amines is 1. The summed E-state index contributed by atoms with van der Waals surface area (Å²) in [5.41, 5.74) is 4.24. The van der Waals surface area contributed by atoms with Crippen molar-refractivity contribution in [2.45, 2.75) is 24.5 Å². The molecule has 6 N–H and O–H groups in total. The van der Waals surface area contributed by atoms with Gasteiger partial charge in [0.25, 0.3) is 0 Å². The number of carbonyl (C=O) groups is 2. The highest BCUT2D eigenvalue weighted by molar-refractivity contribution is 5.91. The molecule has 0 saturated heterocycles. The number of hydrogen-bond acceptors (Lipinski definition) is 4. The molecule has 0 spiro atoms. The van der Waals surface area contributed by atoms with Crippen LogP contribution in [0.2, 0.25) is 0 Å². The normalized spacial score (nSPS) is 15.5. The summed E-state index contributed by atoms with van der Waals surface area (Å²) in [6.45, 7) is 0. The summed E-state index contributed by atoms with van der Waals surface area (Å²) >= 11 is 0. The fourth-order valence-electron chi connectivity index (χ4n) is 2.40. The number of benzene rings is 1. The van der Waals surface area contributed by atoms with Gasteiger partial charge in [0.05, 0.1) is 6.42 Å². The molecule has 7 nitrogen and oxygen atoms in total. The number of para-hydroxylation sites is 1. The van der Waals surface area contributed by atoms with Crippen LogP contribution in [0.1, 0.15) is 18.4 Å². The van der Waals surface area contributed by atoms with E-state index in [1.807, 2.05) is 0 Å². The van der Waals surface area contributed by atoms with E-state index in [4.69, 9.17) is 10.8 Å². The van der Waals surface area contributed by atoms with E-state index in [1.54, 1.807) is 24.3 Å². The fourth-order valence-corrected chi connectivity index (χ4v) is 2.40. The van der Waals surface area contributed by atoms with E-state index in [0.29, 0.717) is 10.9 Å². The molecule has 0 fully saturated rings. The molecule has 21 heavy (non-hydrogen) atoms. The number of carboxylic acids is 2. The van der Waals surface area contributed by atoms with Crippen LogP contribution in [0.4, 0.5) is 0 Å². The Balaban J connectivity index is 2.42. The lowest BCUT2D eigenvalue weighted by Crippen LogP contribution is -2.42. The van der Waals surface area contributed by atoms with E-state index in [1.165, 1.54) is 6.20 Å².